The van der Waals surface area contributed by atoms with E-state index in [-0.39, 0.29) is 11.8 Å². The van der Waals surface area contributed by atoms with E-state index >= 15 is 0 Å². The molecular formula is C35H39N3O2. The topological polar surface area (TPSA) is 61.4 Å². The maximum atomic E-state index is 13.4. The predicted molar refractivity (Wildman–Crippen MR) is 162 cm³/mol. The van der Waals surface area contributed by atoms with Gasteiger partial charge in [0.25, 0.3) is 11.8 Å². The number of unbranched alkanes of at least 4 members (excludes halogenated alkanes) is 2. The summed E-state index contributed by atoms with van der Waals surface area (Å²) in [6.45, 7) is 5.77. The number of nitrogens with one attached hydrogen (secondary N) is 2. The van der Waals surface area contributed by atoms with Crippen LogP contribution in [0.2, 0.25) is 0 Å². The fraction of sp³-hybridized carbons (Fsp3) is 0.257. The summed E-state index contributed by atoms with van der Waals surface area (Å²) in [4.78, 5) is 28.5. The van der Waals surface area contributed by atoms with E-state index in [1.165, 1.54) is 0 Å². The third-order valence-corrected chi connectivity index (χ3v) is 7.23. The lowest BCUT2D eigenvalue weighted by Gasteiger charge is -2.37. The summed E-state index contributed by atoms with van der Waals surface area (Å²) in [7, 11) is 0. The quantitative estimate of drug-likeness (QED) is 0.144. The van der Waals surface area contributed by atoms with Crippen molar-refractivity contribution in [2.75, 3.05) is 13.1 Å². The Bertz CT molecular complexity index is 1240. The minimum absolute atomic E-state index is 0.0169. The molecule has 0 atom stereocenters. The highest BCUT2D eigenvalue weighted by atomic mass is 16.2. The Kier molecular flexibility index (Phi) is 10.3. The second-order valence-electron chi connectivity index (χ2n) is 10.0. The van der Waals surface area contributed by atoms with Crippen LogP contribution in [0.3, 0.4) is 0 Å². The molecule has 4 aromatic carbocycles. The van der Waals surface area contributed by atoms with Crippen LogP contribution in [0.5, 0.6) is 0 Å². The summed E-state index contributed by atoms with van der Waals surface area (Å²) in [6, 6.07) is 37.2. The Balaban J connectivity index is 1.59. The van der Waals surface area contributed by atoms with Crippen molar-refractivity contribution < 1.29 is 9.59 Å². The van der Waals surface area contributed by atoms with Crippen LogP contribution >= 0.6 is 0 Å². The number of rotatable bonds is 13. The van der Waals surface area contributed by atoms with Gasteiger partial charge in [0.1, 0.15) is 5.54 Å². The maximum Gasteiger partial charge on any atom is 0.265 e. The minimum Gasteiger partial charge on any atom is -0.339 e. The Morgan fingerprint density at radius 1 is 0.600 bits per heavy atom. The second kappa shape index (κ2) is 14.2. The van der Waals surface area contributed by atoms with Crippen molar-refractivity contribution in [1.82, 2.24) is 15.8 Å². The molecule has 0 spiro atoms. The molecule has 206 valence electrons. The van der Waals surface area contributed by atoms with Gasteiger partial charge in [-0.1, -0.05) is 118 Å². The predicted octanol–water partition coefficient (Wildman–Crippen LogP) is 6.96. The molecule has 0 unspecified atom stereocenters. The number of benzene rings is 4. The van der Waals surface area contributed by atoms with Gasteiger partial charge in [-0.2, -0.15) is 0 Å². The molecule has 0 fully saturated rings. The molecule has 2 N–H and O–H groups in total. The van der Waals surface area contributed by atoms with Crippen molar-refractivity contribution in [3.05, 3.63) is 143 Å². The third-order valence-electron chi connectivity index (χ3n) is 7.23. The molecule has 0 heterocycles. The van der Waals surface area contributed by atoms with Crippen LogP contribution in [0.1, 0.15) is 76.9 Å². The Morgan fingerprint density at radius 2 is 1.00 bits per heavy atom. The highest BCUT2D eigenvalue weighted by Crippen LogP contribution is 2.36. The monoisotopic (exact) mass is 533 g/mol. The SMILES string of the molecule is CCCCN(CCCC)C(=O)c1ccc(C(=O)NNC(c2ccccc2)(c2ccccc2)c2ccccc2)cc1. The van der Waals surface area contributed by atoms with Crippen LogP contribution < -0.4 is 10.9 Å². The zero-order valence-electron chi connectivity index (χ0n) is 23.5. The van der Waals surface area contributed by atoms with E-state index in [4.69, 9.17) is 0 Å². The van der Waals surface area contributed by atoms with E-state index in [2.05, 4.69) is 61.1 Å². The number of amides is 2. The molecule has 0 radical (unpaired) electrons. The maximum absolute atomic E-state index is 13.4. The van der Waals surface area contributed by atoms with Gasteiger partial charge >= 0.3 is 0 Å². The minimum atomic E-state index is -0.825. The summed E-state index contributed by atoms with van der Waals surface area (Å²) in [5.41, 5.74) is 9.62. The van der Waals surface area contributed by atoms with Gasteiger partial charge in [0.05, 0.1) is 0 Å². The normalized spacial score (nSPS) is 11.2. The van der Waals surface area contributed by atoms with E-state index in [9.17, 15) is 9.59 Å². The molecule has 0 aliphatic rings. The van der Waals surface area contributed by atoms with Crippen molar-refractivity contribution in [1.29, 1.82) is 0 Å². The smallest absolute Gasteiger partial charge is 0.265 e. The molecule has 0 aliphatic carbocycles. The van der Waals surface area contributed by atoms with Crippen LogP contribution in [-0.2, 0) is 5.54 Å². The van der Waals surface area contributed by atoms with E-state index in [1.54, 1.807) is 24.3 Å². The van der Waals surface area contributed by atoms with E-state index < -0.39 is 5.54 Å². The lowest BCUT2D eigenvalue weighted by atomic mass is 9.77. The van der Waals surface area contributed by atoms with E-state index in [0.29, 0.717) is 11.1 Å². The number of hydrazine groups is 1. The van der Waals surface area contributed by atoms with Crippen molar-refractivity contribution >= 4 is 11.8 Å². The number of nitrogens with zero attached hydrogens (tertiary/aromatic N) is 1. The zero-order valence-corrected chi connectivity index (χ0v) is 23.5. The first-order chi connectivity index (χ1) is 19.6. The molecule has 4 rings (SSSR count). The summed E-state index contributed by atoms with van der Waals surface area (Å²) < 4.78 is 0. The van der Waals surface area contributed by atoms with Crippen LogP contribution in [0.4, 0.5) is 0 Å². The van der Waals surface area contributed by atoms with Crippen molar-refractivity contribution in [2.24, 2.45) is 0 Å². The third kappa shape index (κ3) is 6.67. The molecule has 2 amide bonds. The van der Waals surface area contributed by atoms with Crippen molar-refractivity contribution in [3.63, 3.8) is 0 Å². The lowest BCUT2D eigenvalue weighted by Crippen LogP contribution is -2.53. The number of carbonyl (C=O) groups is 2. The largest absolute Gasteiger partial charge is 0.339 e. The average Bonchev–Trinajstić information content (AvgIpc) is 3.03. The molecule has 5 heteroatoms. The zero-order chi connectivity index (χ0) is 28.2. The van der Waals surface area contributed by atoms with Gasteiger partial charge in [0, 0.05) is 24.2 Å². The summed E-state index contributed by atoms with van der Waals surface area (Å²) in [6.07, 6.45) is 4.04. The standard InChI is InChI=1S/C35H39N3O2/c1-3-5-26-38(27-6-4-2)34(40)29-24-22-28(23-25-29)33(39)36-37-35(30-16-10-7-11-17-30,31-18-12-8-13-19-31)32-20-14-9-15-21-32/h7-25,37H,3-6,26-27H2,1-2H3,(H,36,39). The summed E-state index contributed by atoms with van der Waals surface area (Å²) in [5, 5.41) is 0. The Morgan fingerprint density at radius 3 is 1.40 bits per heavy atom. The first-order valence-corrected chi connectivity index (χ1v) is 14.2. The molecule has 0 saturated carbocycles. The summed E-state index contributed by atoms with van der Waals surface area (Å²) >= 11 is 0. The molecule has 4 aromatic rings. The van der Waals surface area contributed by atoms with Gasteiger partial charge in [-0.05, 0) is 53.8 Å². The first kappa shape index (κ1) is 28.8. The number of hydrogen-bond donors (Lipinski definition) is 2. The lowest BCUT2D eigenvalue weighted by molar-refractivity contribution is 0.0750. The molecule has 0 aromatic heterocycles. The van der Waals surface area contributed by atoms with E-state index in [0.717, 1.165) is 55.5 Å². The number of carbonyl (C=O) groups excluding carboxylic acids is 2. The van der Waals surface area contributed by atoms with Gasteiger partial charge < -0.3 is 4.90 Å². The van der Waals surface area contributed by atoms with Crippen LogP contribution in [0.25, 0.3) is 0 Å². The van der Waals surface area contributed by atoms with Crippen LogP contribution in [-0.4, -0.2) is 29.8 Å². The van der Waals surface area contributed by atoms with Gasteiger partial charge in [-0.25, -0.2) is 5.43 Å². The molecule has 0 saturated heterocycles. The first-order valence-electron chi connectivity index (χ1n) is 14.2. The molecular weight excluding hydrogens is 494 g/mol. The van der Waals surface area contributed by atoms with Gasteiger partial charge in [0.15, 0.2) is 0 Å². The average molecular weight is 534 g/mol. The molecule has 5 nitrogen and oxygen atoms in total. The Labute approximate surface area is 238 Å². The van der Waals surface area contributed by atoms with Crippen LogP contribution in [0.15, 0.2) is 115 Å². The number of hydrogen-bond acceptors (Lipinski definition) is 3. The fourth-order valence-corrected chi connectivity index (χ4v) is 4.96. The summed E-state index contributed by atoms with van der Waals surface area (Å²) in [5.74, 6) is -0.261. The van der Waals surface area contributed by atoms with Gasteiger partial charge in [-0.3, -0.25) is 15.0 Å². The van der Waals surface area contributed by atoms with Gasteiger partial charge in [-0.15, -0.1) is 0 Å². The molecule has 0 bridgehead atoms. The molecule has 0 aliphatic heterocycles. The highest BCUT2D eigenvalue weighted by Gasteiger charge is 2.36. The van der Waals surface area contributed by atoms with Gasteiger partial charge in [0.2, 0.25) is 0 Å². The van der Waals surface area contributed by atoms with Crippen molar-refractivity contribution in [2.45, 2.75) is 45.1 Å². The Hall–Kier alpha value is -4.22. The van der Waals surface area contributed by atoms with E-state index in [1.807, 2.05) is 59.5 Å². The van der Waals surface area contributed by atoms with Crippen LogP contribution in [0, 0.1) is 0 Å². The fourth-order valence-electron chi connectivity index (χ4n) is 4.96. The highest BCUT2D eigenvalue weighted by molar-refractivity contribution is 5.97. The van der Waals surface area contributed by atoms with Crippen molar-refractivity contribution in [3.8, 4) is 0 Å². The molecule has 40 heavy (non-hydrogen) atoms. The second-order valence-corrected chi connectivity index (χ2v) is 10.0.